The summed E-state index contributed by atoms with van der Waals surface area (Å²) >= 11 is 1.53. The molecule has 2 aromatic heterocycles. The molecule has 1 aliphatic heterocycles. The van der Waals surface area contributed by atoms with Crippen LogP contribution in [-0.2, 0) is 16.0 Å². The summed E-state index contributed by atoms with van der Waals surface area (Å²) in [6.07, 6.45) is 0.772. The van der Waals surface area contributed by atoms with Gasteiger partial charge in [-0.3, -0.25) is 9.59 Å². The maximum atomic E-state index is 12.5. The van der Waals surface area contributed by atoms with Gasteiger partial charge in [0.05, 0.1) is 24.1 Å². The van der Waals surface area contributed by atoms with Crippen LogP contribution in [0.4, 0.5) is 0 Å². The molecule has 0 bridgehead atoms. The van der Waals surface area contributed by atoms with Gasteiger partial charge >= 0.3 is 0 Å². The van der Waals surface area contributed by atoms with Gasteiger partial charge in [-0.05, 0) is 33.3 Å². The zero-order valence-corrected chi connectivity index (χ0v) is 15.4. The van der Waals surface area contributed by atoms with E-state index in [9.17, 15) is 9.59 Å². The third kappa shape index (κ3) is 3.10. The second-order valence-corrected chi connectivity index (χ2v) is 8.09. The average molecular weight is 349 g/mol. The Labute approximate surface area is 144 Å². The van der Waals surface area contributed by atoms with Crippen LogP contribution in [0.15, 0.2) is 4.79 Å². The van der Waals surface area contributed by atoms with Crippen molar-refractivity contribution >= 4 is 27.5 Å². The molecule has 0 aromatic carbocycles. The van der Waals surface area contributed by atoms with Gasteiger partial charge in [-0.1, -0.05) is 0 Å². The van der Waals surface area contributed by atoms with E-state index in [2.05, 4.69) is 9.97 Å². The monoisotopic (exact) mass is 349 g/mol. The molecule has 0 saturated carbocycles. The minimum atomic E-state index is -0.290. The van der Waals surface area contributed by atoms with Crippen molar-refractivity contribution in [2.75, 3.05) is 19.8 Å². The smallest absolute Gasteiger partial charge is 0.259 e. The van der Waals surface area contributed by atoms with E-state index < -0.39 is 0 Å². The van der Waals surface area contributed by atoms with Gasteiger partial charge in [0.1, 0.15) is 10.7 Å². The molecule has 1 amide bonds. The Bertz CT molecular complexity index is 837. The number of rotatable bonds is 3. The molecule has 7 heteroatoms. The van der Waals surface area contributed by atoms with Gasteiger partial charge in [-0.2, -0.15) is 0 Å². The summed E-state index contributed by atoms with van der Waals surface area (Å²) in [4.78, 5) is 35.9. The van der Waals surface area contributed by atoms with E-state index >= 15 is 0 Å². The summed E-state index contributed by atoms with van der Waals surface area (Å²) < 4.78 is 5.45. The fourth-order valence-electron chi connectivity index (χ4n) is 3.10. The first kappa shape index (κ1) is 17.1. The van der Waals surface area contributed by atoms with E-state index in [0.717, 1.165) is 15.3 Å². The summed E-state index contributed by atoms with van der Waals surface area (Å²) in [6.45, 7) is 9.68. The molecule has 1 N–H and O–H groups in total. The zero-order valence-electron chi connectivity index (χ0n) is 14.6. The van der Waals surface area contributed by atoms with Gasteiger partial charge in [0.2, 0.25) is 5.91 Å². The zero-order chi connectivity index (χ0) is 17.5. The van der Waals surface area contributed by atoms with E-state index in [4.69, 9.17) is 4.74 Å². The normalized spacial score (nSPS) is 17.4. The topological polar surface area (TPSA) is 75.3 Å². The number of hydrogen-bond donors (Lipinski definition) is 1. The first-order chi connectivity index (χ1) is 11.3. The van der Waals surface area contributed by atoms with E-state index in [1.165, 1.54) is 11.3 Å². The number of hydrogen-bond acceptors (Lipinski definition) is 5. The van der Waals surface area contributed by atoms with Crippen LogP contribution in [0.3, 0.4) is 0 Å². The third-order valence-corrected chi connectivity index (χ3v) is 5.71. The number of thiophene rings is 1. The highest BCUT2D eigenvalue weighted by Gasteiger charge is 2.33. The quantitative estimate of drug-likeness (QED) is 0.921. The van der Waals surface area contributed by atoms with Crippen LogP contribution in [-0.4, -0.2) is 46.1 Å². The largest absolute Gasteiger partial charge is 0.377 e. The molecular weight excluding hydrogens is 326 g/mol. The molecule has 1 saturated heterocycles. The standard InChI is InChI=1S/C17H23N3O3S/c1-10-11(2)24-16-14(10)15(22)18-12(19-16)5-6-13(21)20-7-8-23-9-17(20,3)4/h5-9H2,1-4H3,(H,18,19,22). The van der Waals surface area contributed by atoms with Gasteiger partial charge in [-0.25, -0.2) is 4.98 Å². The highest BCUT2D eigenvalue weighted by atomic mass is 32.1. The highest BCUT2D eigenvalue weighted by Crippen LogP contribution is 2.26. The maximum absolute atomic E-state index is 12.5. The second kappa shape index (κ2) is 6.29. The number of aryl methyl sites for hydroxylation is 3. The predicted molar refractivity (Wildman–Crippen MR) is 94.6 cm³/mol. The van der Waals surface area contributed by atoms with E-state index in [-0.39, 0.29) is 17.0 Å². The van der Waals surface area contributed by atoms with Crippen LogP contribution in [0.1, 0.15) is 36.5 Å². The van der Waals surface area contributed by atoms with E-state index in [0.29, 0.717) is 43.8 Å². The third-order valence-electron chi connectivity index (χ3n) is 4.61. The van der Waals surface area contributed by atoms with Crippen molar-refractivity contribution in [1.82, 2.24) is 14.9 Å². The molecule has 2 aromatic rings. The lowest BCUT2D eigenvalue weighted by molar-refractivity contribution is -0.146. The van der Waals surface area contributed by atoms with Crippen molar-refractivity contribution in [3.63, 3.8) is 0 Å². The molecule has 1 aliphatic rings. The molecular formula is C17H23N3O3S. The van der Waals surface area contributed by atoms with Crippen molar-refractivity contribution in [2.45, 2.75) is 46.1 Å². The van der Waals surface area contributed by atoms with Crippen molar-refractivity contribution in [2.24, 2.45) is 0 Å². The van der Waals surface area contributed by atoms with Crippen molar-refractivity contribution in [3.05, 3.63) is 26.6 Å². The molecule has 3 rings (SSSR count). The molecule has 3 heterocycles. The van der Waals surface area contributed by atoms with Crippen molar-refractivity contribution < 1.29 is 9.53 Å². The van der Waals surface area contributed by atoms with Crippen molar-refractivity contribution in [1.29, 1.82) is 0 Å². The number of carbonyl (C=O) groups is 1. The number of morpholine rings is 1. The first-order valence-electron chi connectivity index (χ1n) is 8.17. The van der Waals surface area contributed by atoms with E-state index in [1.807, 2.05) is 32.6 Å². The van der Waals surface area contributed by atoms with Crippen LogP contribution in [0.5, 0.6) is 0 Å². The number of ether oxygens (including phenoxy) is 1. The summed E-state index contributed by atoms with van der Waals surface area (Å²) in [5, 5.41) is 0.668. The fraction of sp³-hybridized carbons (Fsp3) is 0.588. The Balaban J connectivity index is 1.76. The fourth-order valence-corrected chi connectivity index (χ4v) is 4.15. The van der Waals surface area contributed by atoms with Gasteiger partial charge in [0.25, 0.3) is 5.56 Å². The van der Waals surface area contributed by atoms with Gasteiger partial charge in [0, 0.05) is 24.3 Å². The van der Waals surface area contributed by atoms with E-state index in [1.54, 1.807) is 0 Å². The Morgan fingerprint density at radius 1 is 1.42 bits per heavy atom. The summed E-state index contributed by atoms with van der Waals surface area (Å²) in [7, 11) is 0. The Morgan fingerprint density at radius 3 is 2.88 bits per heavy atom. The molecule has 0 radical (unpaired) electrons. The highest BCUT2D eigenvalue weighted by molar-refractivity contribution is 7.18. The average Bonchev–Trinajstić information content (AvgIpc) is 2.79. The van der Waals surface area contributed by atoms with Crippen LogP contribution in [0, 0.1) is 13.8 Å². The second-order valence-electron chi connectivity index (χ2n) is 6.89. The Morgan fingerprint density at radius 2 is 2.17 bits per heavy atom. The van der Waals surface area contributed by atoms with Gasteiger partial charge in [-0.15, -0.1) is 11.3 Å². The van der Waals surface area contributed by atoms with Gasteiger partial charge < -0.3 is 14.6 Å². The lowest BCUT2D eigenvalue weighted by Gasteiger charge is -2.42. The van der Waals surface area contributed by atoms with Crippen LogP contribution < -0.4 is 5.56 Å². The Hall–Kier alpha value is -1.73. The molecule has 130 valence electrons. The number of carbonyl (C=O) groups excluding carboxylic acids is 1. The molecule has 24 heavy (non-hydrogen) atoms. The molecule has 6 nitrogen and oxygen atoms in total. The molecule has 1 fully saturated rings. The lowest BCUT2D eigenvalue weighted by atomic mass is 10.0. The number of amides is 1. The van der Waals surface area contributed by atoms with Crippen LogP contribution in [0.2, 0.25) is 0 Å². The molecule has 0 aliphatic carbocycles. The van der Waals surface area contributed by atoms with Crippen LogP contribution >= 0.6 is 11.3 Å². The summed E-state index contributed by atoms with van der Waals surface area (Å²) in [5.74, 6) is 0.651. The Kier molecular flexibility index (Phi) is 4.48. The summed E-state index contributed by atoms with van der Waals surface area (Å²) in [5.41, 5.74) is 0.583. The minimum Gasteiger partial charge on any atom is -0.377 e. The number of H-pyrrole nitrogens is 1. The summed E-state index contributed by atoms with van der Waals surface area (Å²) in [6, 6.07) is 0. The first-order valence-corrected chi connectivity index (χ1v) is 8.98. The number of nitrogens with zero attached hydrogens (tertiary/aromatic N) is 2. The number of fused-ring (bicyclic) bond motifs is 1. The van der Waals surface area contributed by atoms with Crippen LogP contribution in [0.25, 0.3) is 10.2 Å². The van der Waals surface area contributed by atoms with Crippen molar-refractivity contribution in [3.8, 4) is 0 Å². The maximum Gasteiger partial charge on any atom is 0.259 e. The van der Waals surface area contributed by atoms with Gasteiger partial charge in [0.15, 0.2) is 0 Å². The minimum absolute atomic E-state index is 0.0737. The number of nitrogens with one attached hydrogen (secondary N) is 1. The molecule has 0 spiro atoms. The number of aromatic amines is 1. The molecule has 0 atom stereocenters. The SMILES string of the molecule is Cc1sc2nc(CCC(=O)N3CCOCC3(C)C)[nH]c(=O)c2c1C. The molecule has 0 unspecified atom stereocenters. The lowest BCUT2D eigenvalue weighted by Crippen LogP contribution is -2.55. The predicted octanol–water partition coefficient (Wildman–Crippen LogP) is 2.17. The number of aromatic nitrogens is 2.